The Kier molecular flexibility index (Phi) is 6.05. The first-order valence-electron chi connectivity index (χ1n) is 10.5. The molecular formula is C24H30N2O3. The van der Waals surface area contributed by atoms with Gasteiger partial charge in [0.05, 0.1) is 14.2 Å². The zero-order valence-corrected chi connectivity index (χ0v) is 17.3. The first kappa shape index (κ1) is 19.8. The number of nitrogens with zero attached hydrogens (tertiary/aromatic N) is 1. The van der Waals surface area contributed by atoms with Gasteiger partial charge in [0.25, 0.3) is 5.91 Å². The molecule has 1 amide bonds. The van der Waals surface area contributed by atoms with Gasteiger partial charge in [0, 0.05) is 35.8 Å². The summed E-state index contributed by atoms with van der Waals surface area (Å²) < 4.78 is 10.7. The van der Waals surface area contributed by atoms with Crippen molar-refractivity contribution in [1.29, 1.82) is 0 Å². The highest BCUT2D eigenvalue weighted by molar-refractivity contribution is 5.94. The topological polar surface area (TPSA) is 50.8 Å². The maximum absolute atomic E-state index is 12.7. The quantitative estimate of drug-likeness (QED) is 0.804. The molecule has 2 aromatic carbocycles. The monoisotopic (exact) mass is 394 g/mol. The Bertz CT molecular complexity index is 822. The Morgan fingerprint density at radius 1 is 1.00 bits per heavy atom. The fourth-order valence-electron chi connectivity index (χ4n) is 4.90. The van der Waals surface area contributed by atoms with Crippen LogP contribution in [0.5, 0.6) is 11.5 Å². The molecule has 2 fully saturated rings. The molecule has 5 nitrogen and oxygen atoms in total. The fourth-order valence-corrected chi connectivity index (χ4v) is 4.90. The molecule has 2 bridgehead atoms. The lowest BCUT2D eigenvalue weighted by Crippen LogP contribution is -2.56. The number of para-hydroxylation sites is 1. The number of hydrogen-bond donors (Lipinski definition) is 1. The Balaban J connectivity index is 1.41. The summed E-state index contributed by atoms with van der Waals surface area (Å²) in [4.78, 5) is 15.3. The highest BCUT2D eigenvalue weighted by Gasteiger charge is 2.38. The predicted molar refractivity (Wildman–Crippen MR) is 113 cm³/mol. The molecular weight excluding hydrogens is 364 g/mol. The predicted octanol–water partition coefficient (Wildman–Crippen LogP) is 4.02. The standard InChI is InChI=1S/C24H30N2O3/c1-28-22-12-10-17(11-13-22)24(27)25-19-14-20-7-5-8-21(15-19)26(20)16-18-6-3-4-9-23(18)29-2/h3-4,6,9-13,19-21H,5,7-8,14-16H2,1-2H3,(H,25,27)/t20-,21-/m0/s1. The van der Waals surface area contributed by atoms with E-state index in [0.717, 1.165) is 30.9 Å². The number of carbonyl (C=O) groups excluding carboxylic acids is 1. The molecule has 2 aliphatic rings. The fraction of sp³-hybridized carbons (Fsp3) is 0.458. The summed E-state index contributed by atoms with van der Waals surface area (Å²) in [6, 6.07) is 16.9. The molecule has 0 unspecified atom stereocenters. The second-order valence-electron chi connectivity index (χ2n) is 8.09. The SMILES string of the molecule is COc1ccc(C(=O)NC2C[C@@H]3CCC[C@@H](C2)N3Cc2ccccc2OC)cc1. The molecule has 2 aromatic rings. The molecule has 0 spiro atoms. The third kappa shape index (κ3) is 4.40. The van der Waals surface area contributed by atoms with Gasteiger partial charge < -0.3 is 14.8 Å². The summed E-state index contributed by atoms with van der Waals surface area (Å²) in [5.41, 5.74) is 1.93. The van der Waals surface area contributed by atoms with Crippen LogP contribution >= 0.6 is 0 Å². The number of carbonyl (C=O) groups is 1. The maximum atomic E-state index is 12.7. The van der Waals surface area contributed by atoms with Crippen molar-refractivity contribution in [3.05, 3.63) is 59.7 Å². The summed E-state index contributed by atoms with van der Waals surface area (Å²) in [5, 5.41) is 3.28. The molecule has 2 heterocycles. The van der Waals surface area contributed by atoms with E-state index in [9.17, 15) is 4.79 Å². The van der Waals surface area contributed by atoms with Crippen molar-refractivity contribution in [2.75, 3.05) is 14.2 Å². The zero-order valence-electron chi connectivity index (χ0n) is 17.3. The summed E-state index contributed by atoms with van der Waals surface area (Å²) in [6.45, 7) is 0.915. The highest BCUT2D eigenvalue weighted by atomic mass is 16.5. The Morgan fingerprint density at radius 3 is 2.34 bits per heavy atom. The van der Waals surface area contributed by atoms with Crippen LogP contribution in [0, 0.1) is 0 Å². The van der Waals surface area contributed by atoms with Crippen molar-refractivity contribution in [3.63, 3.8) is 0 Å². The summed E-state index contributed by atoms with van der Waals surface area (Å²) >= 11 is 0. The van der Waals surface area contributed by atoms with Crippen LogP contribution in [0.4, 0.5) is 0 Å². The van der Waals surface area contributed by atoms with Crippen LogP contribution in [-0.4, -0.2) is 43.2 Å². The van der Waals surface area contributed by atoms with E-state index in [-0.39, 0.29) is 11.9 Å². The Labute approximate surface area is 173 Å². The number of rotatable bonds is 6. The minimum atomic E-state index is 0.00825. The van der Waals surface area contributed by atoms with Gasteiger partial charge in [-0.15, -0.1) is 0 Å². The van der Waals surface area contributed by atoms with E-state index >= 15 is 0 Å². The first-order valence-corrected chi connectivity index (χ1v) is 10.5. The molecule has 0 radical (unpaired) electrons. The van der Waals surface area contributed by atoms with Crippen molar-refractivity contribution >= 4 is 5.91 Å². The lowest BCUT2D eigenvalue weighted by molar-refractivity contribution is 0.0172. The van der Waals surface area contributed by atoms with Crippen molar-refractivity contribution in [3.8, 4) is 11.5 Å². The number of nitrogens with one attached hydrogen (secondary N) is 1. The van der Waals surface area contributed by atoms with E-state index < -0.39 is 0 Å². The number of ether oxygens (including phenoxy) is 2. The van der Waals surface area contributed by atoms with Crippen molar-refractivity contribution < 1.29 is 14.3 Å². The Hall–Kier alpha value is -2.53. The van der Waals surface area contributed by atoms with E-state index in [4.69, 9.17) is 9.47 Å². The van der Waals surface area contributed by atoms with Gasteiger partial charge in [-0.25, -0.2) is 0 Å². The van der Waals surface area contributed by atoms with Gasteiger partial charge >= 0.3 is 0 Å². The van der Waals surface area contributed by atoms with Gasteiger partial charge in [0.15, 0.2) is 0 Å². The third-order valence-electron chi connectivity index (χ3n) is 6.36. The second-order valence-corrected chi connectivity index (χ2v) is 8.09. The van der Waals surface area contributed by atoms with Gasteiger partial charge in [0.1, 0.15) is 11.5 Å². The Morgan fingerprint density at radius 2 is 1.69 bits per heavy atom. The molecule has 0 aliphatic carbocycles. The van der Waals surface area contributed by atoms with Crippen molar-refractivity contribution in [2.24, 2.45) is 0 Å². The molecule has 2 saturated heterocycles. The second kappa shape index (κ2) is 8.87. The number of fused-ring (bicyclic) bond motifs is 2. The van der Waals surface area contributed by atoms with E-state index in [1.807, 2.05) is 36.4 Å². The average Bonchev–Trinajstić information content (AvgIpc) is 2.74. The highest BCUT2D eigenvalue weighted by Crippen LogP contribution is 2.36. The number of amides is 1. The molecule has 29 heavy (non-hydrogen) atoms. The summed E-state index contributed by atoms with van der Waals surface area (Å²) in [6.07, 6.45) is 5.68. The van der Waals surface area contributed by atoms with Gasteiger partial charge in [0.2, 0.25) is 0 Å². The van der Waals surface area contributed by atoms with Gasteiger partial charge in [-0.1, -0.05) is 24.6 Å². The summed E-state index contributed by atoms with van der Waals surface area (Å²) in [5.74, 6) is 1.73. The van der Waals surface area contributed by atoms with Crippen LogP contribution in [0.1, 0.15) is 48.0 Å². The van der Waals surface area contributed by atoms with Crippen LogP contribution in [0.3, 0.4) is 0 Å². The molecule has 1 N–H and O–H groups in total. The smallest absolute Gasteiger partial charge is 0.251 e. The largest absolute Gasteiger partial charge is 0.497 e. The van der Waals surface area contributed by atoms with Gasteiger partial charge in [-0.3, -0.25) is 9.69 Å². The normalized spacial score (nSPS) is 24.0. The van der Waals surface area contributed by atoms with Crippen LogP contribution in [0.15, 0.2) is 48.5 Å². The molecule has 5 heteroatoms. The number of benzene rings is 2. The molecule has 2 atom stereocenters. The van der Waals surface area contributed by atoms with Gasteiger partial charge in [-0.05, 0) is 56.0 Å². The summed E-state index contributed by atoms with van der Waals surface area (Å²) in [7, 11) is 3.37. The van der Waals surface area contributed by atoms with Crippen LogP contribution in [0.25, 0.3) is 0 Å². The average molecular weight is 395 g/mol. The van der Waals surface area contributed by atoms with E-state index in [1.54, 1.807) is 14.2 Å². The van der Waals surface area contributed by atoms with E-state index in [1.165, 1.54) is 24.8 Å². The molecule has 0 saturated carbocycles. The zero-order chi connectivity index (χ0) is 20.2. The van der Waals surface area contributed by atoms with Crippen molar-refractivity contribution in [2.45, 2.75) is 56.8 Å². The van der Waals surface area contributed by atoms with Crippen LogP contribution in [0.2, 0.25) is 0 Å². The van der Waals surface area contributed by atoms with Crippen LogP contribution in [-0.2, 0) is 6.54 Å². The van der Waals surface area contributed by atoms with Crippen LogP contribution < -0.4 is 14.8 Å². The maximum Gasteiger partial charge on any atom is 0.251 e. The molecule has 154 valence electrons. The number of methoxy groups -OCH3 is 2. The van der Waals surface area contributed by atoms with Crippen molar-refractivity contribution in [1.82, 2.24) is 10.2 Å². The molecule has 2 aliphatic heterocycles. The third-order valence-corrected chi connectivity index (χ3v) is 6.36. The first-order chi connectivity index (χ1) is 14.2. The van der Waals surface area contributed by atoms with E-state index in [0.29, 0.717) is 17.6 Å². The number of hydrogen-bond acceptors (Lipinski definition) is 4. The van der Waals surface area contributed by atoms with Gasteiger partial charge in [-0.2, -0.15) is 0 Å². The minimum absolute atomic E-state index is 0.00825. The molecule has 4 rings (SSSR count). The minimum Gasteiger partial charge on any atom is -0.497 e. The number of piperidine rings is 2. The lowest BCUT2D eigenvalue weighted by atomic mass is 9.81. The molecule has 0 aromatic heterocycles. The van der Waals surface area contributed by atoms with E-state index in [2.05, 4.69) is 22.3 Å². The lowest BCUT2D eigenvalue weighted by Gasteiger charge is -2.49.